The Bertz CT molecular complexity index is 703. The summed E-state index contributed by atoms with van der Waals surface area (Å²) in [6, 6.07) is 8.78. The van der Waals surface area contributed by atoms with E-state index in [1.54, 1.807) is 25.1 Å². The van der Waals surface area contributed by atoms with Gasteiger partial charge in [-0.3, -0.25) is 25.3 Å². The number of carbonyl (C=O) groups is 2. The van der Waals surface area contributed by atoms with Crippen LogP contribution in [-0.4, -0.2) is 37.4 Å². The van der Waals surface area contributed by atoms with E-state index in [4.69, 9.17) is 9.15 Å². The SMILES string of the molecule is COc1ccc(Br)cc1CN(C)CC(=O)NNC(=O)c1ccco1. The van der Waals surface area contributed by atoms with Crippen LogP contribution in [-0.2, 0) is 11.3 Å². The average molecular weight is 396 g/mol. The number of halogens is 1. The Hall–Kier alpha value is -2.32. The molecule has 128 valence electrons. The van der Waals surface area contributed by atoms with E-state index >= 15 is 0 Å². The Morgan fingerprint density at radius 2 is 2.08 bits per heavy atom. The Morgan fingerprint density at radius 1 is 1.29 bits per heavy atom. The summed E-state index contributed by atoms with van der Waals surface area (Å²) in [6.45, 7) is 0.621. The van der Waals surface area contributed by atoms with Crippen molar-refractivity contribution in [2.24, 2.45) is 0 Å². The number of nitrogens with zero attached hydrogens (tertiary/aromatic N) is 1. The largest absolute Gasteiger partial charge is 0.496 e. The minimum atomic E-state index is -0.510. The summed E-state index contributed by atoms with van der Waals surface area (Å²) in [4.78, 5) is 25.4. The molecule has 0 aliphatic carbocycles. The number of likely N-dealkylation sites (N-methyl/N-ethyl adjacent to an activating group) is 1. The lowest BCUT2D eigenvalue weighted by Gasteiger charge is -2.18. The van der Waals surface area contributed by atoms with Crippen molar-refractivity contribution in [2.45, 2.75) is 6.54 Å². The molecule has 0 aliphatic rings. The van der Waals surface area contributed by atoms with Gasteiger partial charge in [0.1, 0.15) is 5.75 Å². The molecule has 0 saturated carbocycles. The summed E-state index contributed by atoms with van der Waals surface area (Å²) in [6.07, 6.45) is 1.38. The molecule has 1 aromatic carbocycles. The fourth-order valence-corrected chi connectivity index (χ4v) is 2.51. The maximum absolute atomic E-state index is 11.9. The van der Waals surface area contributed by atoms with Crippen molar-refractivity contribution in [3.8, 4) is 5.75 Å². The lowest BCUT2D eigenvalue weighted by molar-refractivity contribution is -0.122. The highest BCUT2D eigenvalue weighted by atomic mass is 79.9. The molecule has 0 fully saturated rings. The van der Waals surface area contributed by atoms with Gasteiger partial charge in [0.15, 0.2) is 5.76 Å². The standard InChI is InChI=1S/C16H18BrN3O4/c1-20(9-11-8-12(17)5-6-13(11)23-2)10-15(21)18-19-16(22)14-4-3-7-24-14/h3-8H,9-10H2,1-2H3,(H,18,21)(H,19,22). The predicted molar refractivity (Wildman–Crippen MR) is 91.3 cm³/mol. The molecule has 0 bridgehead atoms. The predicted octanol–water partition coefficient (Wildman–Crippen LogP) is 1.94. The minimum Gasteiger partial charge on any atom is -0.496 e. The van der Waals surface area contributed by atoms with E-state index in [0.717, 1.165) is 15.8 Å². The molecule has 1 aromatic heterocycles. The van der Waals surface area contributed by atoms with Crippen LogP contribution in [0.1, 0.15) is 16.1 Å². The van der Waals surface area contributed by atoms with E-state index in [0.29, 0.717) is 6.54 Å². The first-order chi connectivity index (χ1) is 11.5. The quantitative estimate of drug-likeness (QED) is 0.730. The molecule has 0 radical (unpaired) electrons. The molecular formula is C16H18BrN3O4. The number of hydrogen-bond donors (Lipinski definition) is 2. The first-order valence-electron chi connectivity index (χ1n) is 7.13. The normalized spacial score (nSPS) is 10.5. The average Bonchev–Trinajstić information content (AvgIpc) is 3.07. The van der Waals surface area contributed by atoms with Crippen molar-refractivity contribution in [3.05, 3.63) is 52.4 Å². The highest BCUT2D eigenvalue weighted by molar-refractivity contribution is 9.10. The molecule has 0 atom stereocenters. The molecule has 2 aromatic rings. The Kier molecular flexibility index (Phi) is 6.39. The second-order valence-corrected chi connectivity index (χ2v) is 6.02. The maximum Gasteiger partial charge on any atom is 0.305 e. The lowest BCUT2D eigenvalue weighted by Crippen LogP contribution is -2.45. The summed E-state index contributed by atoms with van der Waals surface area (Å²) in [7, 11) is 3.40. The Balaban J connectivity index is 1.83. The number of rotatable bonds is 6. The van der Waals surface area contributed by atoms with Gasteiger partial charge in [0.05, 0.1) is 19.9 Å². The van der Waals surface area contributed by atoms with Crippen LogP contribution in [0.3, 0.4) is 0 Å². The number of furan rings is 1. The summed E-state index contributed by atoms with van der Waals surface area (Å²) >= 11 is 3.42. The van der Waals surface area contributed by atoms with Crippen molar-refractivity contribution in [3.63, 3.8) is 0 Å². The number of ether oxygens (including phenoxy) is 1. The fourth-order valence-electron chi connectivity index (χ4n) is 2.10. The van der Waals surface area contributed by atoms with Gasteiger partial charge in [-0.2, -0.15) is 0 Å². The van der Waals surface area contributed by atoms with Crippen molar-refractivity contribution in [2.75, 3.05) is 20.7 Å². The van der Waals surface area contributed by atoms with Gasteiger partial charge in [-0.25, -0.2) is 0 Å². The summed E-state index contributed by atoms with van der Waals surface area (Å²) < 4.78 is 11.2. The molecule has 0 spiro atoms. The molecule has 2 rings (SSSR count). The highest BCUT2D eigenvalue weighted by Crippen LogP contribution is 2.23. The second kappa shape index (κ2) is 8.51. The summed E-state index contributed by atoms with van der Waals surface area (Å²) in [5.41, 5.74) is 5.59. The third-order valence-electron chi connectivity index (χ3n) is 3.16. The molecule has 2 N–H and O–H groups in total. The molecule has 0 saturated heterocycles. The van der Waals surface area contributed by atoms with Crippen molar-refractivity contribution >= 4 is 27.7 Å². The fraction of sp³-hybridized carbons (Fsp3) is 0.250. The third kappa shape index (κ3) is 5.10. The molecule has 0 unspecified atom stereocenters. The second-order valence-electron chi connectivity index (χ2n) is 5.11. The van der Waals surface area contributed by atoms with Gasteiger partial charge in [-0.1, -0.05) is 15.9 Å². The van der Waals surface area contributed by atoms with Crippen LogP contribution in [0, 0.1) is 0 Å². The summed E-state index contributed by atoms with van der Waals surface area (Å²) in [5, 5.41) is 0. The smallest absolute Gasteiger partial charge is 0.305 e. The van der Waals surface area contributed by atoms with Crippen molar-refractivity contribution in [1.82, 2.24) is 15.8 Å². The van der Waals surface area contributed by atoms with Crippen LogP contribution < -0.4 is 15.6 Å². The Labute approximate surface area is 148 Å². The molecular weight excluding hydrogens is 378 g/mol. The zero-order chi connectivity index (χ0) is 17.5. The van der Waals surface area contributed by atoms with Gasteiger partial charge in [-0.05, 0) is 37.4 Å². The molecule has 24 heavy (non-hydrogen) atoms. The van der Waals surface area contributed by atoms with Crippen LogP contribution >= 0.6 is 15.9 Å². The van der Waals surface area contributed by atoms with Crippen LogP contribution in [0.15, 0.2) is 45.5 Å². The van der Waals surface area contributed by atoms with Gasteiger partial charge in [0.2, 0.25) is 0 Å². The molecule has 0 aliphatic heterocycles. The number of methoxy groups -OCH3 is 1. The first-order valence-corrected chi connectivity index (χ1v) is 7.92. The van der Waals surface area contributed by atoms with Gasteiger partial charge < -0.3 is 9.15 Å². The monoisotopic (exact) mass is 395 g/mol. The van der Waals surface area contributed by atoms with E-state index in [-0.39, 0.29) is 18.2 Å². The molecule has 7 nitrogen and oxygen atoms in total. The number of nitrogens with one attached hydrogen (secondary N) is 2. The van der Waals surface area contributed by atoms with Crippen molar-refractivity contribution in [1.29, 1.82) is 0 Å². The number of hydrazine groups is 1. The van der Waals surface area contributed by atoms with E-state index in [2.05, 4.69) is 26.8 Å². The molecule has 2 amide bonds. The topological polar surface area (TPSA) is 83.8 Å². The van der Waals surface area contributed by atoms with Gasteiger partial charge in [0, 0.05) is 16.6 Å². The lowest BCUT2D eigenvalue weighted by atomic mass is 10.2. The van der Waals surface area contributed by atoms with E-state index in [1.165, 1.54) is 12.3 Å². The van der Waals surface area contributed by atoms with E-state index in [9.17, 15) is 9.59 Å². The van der Waals surface area contributed by atoms with E-state index < -0.39 is 5.91 Å². The van der Waals surface area contributed by atoms with Crippen molar-refractivity contribution < 1.29 is 18.7 Å². The highest BCUT2D eigenvalue weighted by Gasteiger charge is 2.13. The molecule has 1 heterocycles. The number of benzene rings is 1. The minimum absolute atomic E-state index is 0.105. The first kappa shape index (κ1) is 18.0. The van der Waals surface area contributed by atoms with Gasteiger partial charge >= 0.3 is 5.91 Å². The Morgan fingerprint density at radius 3 is 2.75 bits per heavy atom. The van der Waals surface area contributed by atoms with Crippen LogP contribution in [0.25, 0.3) is 0 Å². The number of carbonyl (C=O) groups excluding carboxylic acids is 2. The zero-order valence-electron chi connectivity index (χ0n) is 13.3. The van der Waals surface area contributed by atoms with Crippen LogP contribution in [0.4, 0.5) is 0 Å². The van der Waals surface area contributed by atoms with Gasteiger partial charge in [-0.15, -0.1) is 0 Å². The van der Waals surface area contributed by atoms with Gasteiger partial charge in [0.25, 0.3) is 5.91 Å². The molecule has 8 heteroatoms. The third-order valence-corrected chi connectivity index (χ3v) is 3.65. The number of hydrogen-bond acceptors (Lipinski definition) is 5. The van der Waals surface area contributed by atoms with Crippen LogP contribution in [0.5, 0.6) is 5.75 Å². The number of amides is 2. The van der Waals surface area contributed by atoms with E-state index in [1.807, 2.05) is 18.2 Å². The summed E-state index contributed by atoms with van der Waals surface area (Å²) in [5.74, 6) is 0.0233. The maximum atomic E-state index is 11.9. The zero-order valence-corrected chi connectivity index (χ0v) is 14.9. The van der Waals surface area contributed by atoms with Crippen LogP contribution in [0.2, 0.25) is 0 Å².